The Morgan fingerprint density at radius 2 is 2.19 bits per heavy atom. The van der Waals surface area contributed by atoms with Crippen LogP contribution >= 0.6 is 11.8 Å². The number of hydrogen-bond acceptors (Lipinski definition) is 5. The number of aromatic carboxylic acids is 1. The molecule has 0 aromatic carbocycles. The number of pyridine rings is 1. The van der Waals surface area contributed by atoms with Gasteiger partial charge in [-0.25, -0.2) is 9.78 Å². The Hall–Kier alpha value is -2.07. The standard InChI is InChI=1S/C14H15N3O3S/c15-9-14(4-1-2-5-14)17-12(18)8-21-10-3-6-16-11(7-10)13(19)20/h3,6-7H,1-2,4-5,8H2,(H,17,18)(H,19,20). The van der Waals surface area contributed by atoms with Crippen LogP contribution < -0.4 is 5.32 Å². The second kappa shape index (κ2) is 6.59. The zero-order chi connectivity index (χ0) is 15.3. The number of nitrogens with zero attached hydrogens (tertiary/aromatic N) is 2. The predicted octanol–water partition coefficient (Wildman–Crippen LogP) is 1.82. The average Bonchev–Trinajstić information content (AvgIpc) is 2.94. The number of nitriles is 1. The van der Waals surface area contributed by atoms with Gasteiger partial charge < -0.3 is 10.4 Å². The molecule has 1 aliphatic rings. The average molecular weight is 305 g/mol. The highest BCUT2D eigenvalue weighted by molar-refractivity contribution is 8.00. The third-order valence-electron chi connectivity index (χ3n) is 3.37. The summed E-state index contributed by atoms with van der Waals surface area (Å²) in [7, 11) is 0. The van der Waals surface area contributed by atoms with Gasteiger partial charge in [0.15, 0.2) is 0 Å². The molecule has 21 heavy (non-hydrogen) atoms. The van der Waals surface area contributed by atoms with Crippen LogP contribution in [-0.2, 0) is 4.79 Å². The Kier molecular flexibility index (Phi) is 4.81. The molecular weight excluding hydrogens is 290 g/mol. The highest BCUT2D eigenvalue weighted by atomic mass is 32.2. The van der Waals surface area contributed by atoms with Gasteiger partial charge in [-0.2, -0.15) is 5.26 Å². The van der Waals surface area contributed by atoms with E-state index in [0.717, 1.165) is 12.8 Å². The molecule has 2 rings (SSSR count). The van der Waals surface area contributed by atoms with E-state index in [1.165, 1.54) is 24.0 Å². The minimum atomic E-state index is -1.10. The van der Waals surface area contributed by atoms with Crippen LogP contribution in [0.5, 0.6) is 0 Å². The van der Waals surface area contributed by atoms with Crippen molar-refractivity contribution >= 4 is 23.6 Å². The van der Waals surface area contributed by atoms with Crippen molar-refractivity contribution in [3.05, 3.63) is 24.0 Å². The number of thioether (sulfide) groups is 1. The Morgan fingerprint density at radius 3 is 2.81 bits per heavy atom. The van der Waals surface area contributed by atoms with Gasteiger partial charge in [0, 0.05) is 11.1 Å². The predicted molar refractivity (Wildman–Crippen MR) is 76.9 cm³/mol. The number of aromatic nitrogens is 1. The largest absolute Gasteiger partial charge is 0.477 e. The van der Waals surface area contributed by atoms with E-state index in [1.54, 1.807) is 6.07 Å². The number of hydrogen-bond donors (Lipinski definition) is 2. The van der Waals surface area contributed by atoms with Crippen molar-refractivity contribution in [2.45, 2.75) is 36.1 Å². The molecule has 1 amide bonds. The summed E-state index contributed by atoms with van der Waals surface area (Å²) in [5, 5.41) is 20.9. The summed E-state index contributed by atoms with van der Waals surface area (Å²) in [5.74, 6) is -1.17. The molecule has 0 radical (unpaired) electrons. The summed E-state index contributed by atoms with van der Waals surface area (Å²) in [6.07, 6.45) is 4.69. The maximum absolute atomic E-state index is 11.9. The van der Waals surface area contributed by atoms with Gasteiger partial charge in [0.05, 0.1) is 11.8 Å². The van der Waals surface area contributed by atoms with Crippen LogP contribution in [0.1, 0.15) is 36.2 Å². The Balaban J connectivity index is 1.91. The Morgan fingerprint density at radius 1 is 1.48 bits per heavy atom. The van der Waals surface area contributed by atoms with E-state index in [0.29, 0.717) is 17.7 Å². The molecule has 0 spiro atoms. The summed E-state index contributed by atoms with van der Waals surface area (Å²) in [6, 6.07) is 5.28. The minimum Gasteiger partial charge on any atom is -0.477 e. The molecular formula is C14H15N3O3S. The van der Waals surface area contributed by atoms with Crippen LogP contribution in [0.4, 0.5) is 0 Å². The van der Waals surface area contributed by atoms with Gasteiger partial charge in [-0.1, -0.05) is 0 Å². The van der Waals surface area contributed by atoms with Crippen LogP contribution in [0.3, 0.4) is 0 Å². The molecule has 1 fully saturated rings. The topological polar surface area (TPSA) is 103 Å². The lowest BCUT2D eigenvalue weighted by atomic mass is 10.0. The Labute approximate surface area is 126 Å². The van der Waals surface area contributed by atoms with Gasteiger partial charge in [0.2, 0.25) is 5.91 Å². The number of carboxylic acid groups (broad SMARTS) is 1. The lowest BCUT2D eigenvalue weighted by molar-refractivity contribution is -0.119. The summed E-state index contributed by atoms with van der Waals surface area (Å²) in [4.78, 5) is 27.1. The smallest absolute Gasteiger partial charge is 0.354 e. The van der Waals surface area contributed by atoms with Crippen LogP contribution in [0.15, 0.2) is 23.2 Å². The first-order chi connectivity index (χ1) is 10.0. The van der Waals surface area contributed by atoms with Crippen LogP contribution in [0.2, 0.25) is 0 Å². The molecule has 1 heterocycles. The molecule has 1 aliphatic carbocycles. The van der Waals surface area contributed by atoms with Crippen LogP contribution in [0, 0.1) is 11.3 Å². The molecule has 1 aromatic heterocycles. The highest BCUT2D eigenvalue weighted by Crippen LogP contribution is 2.29. The number of carboxylic acids is 1. The molecule has 1 aromatic rings. The number of amides is 1. The van der Waals surface area contributed by atoms with Crippen molar-refractivity contribution in [3.63, 3.8) is 0 Å². The van der Waals surface area contributed by atoms with Crippen LogP contribution in [0.25, 0.3) is 0 Å². The molecule has 0 aliphatic heterocycles. The summed E-state index contributed by atoms with van der Waals surface area (Å²) in [5.41, 5.74) is -0.771. The second-order valence-corrected chi connectivity index (χ2v) is 5.97. The summed E-state index contributed by atoms with van der Waals surface area (Å²) in [6.45, 7) is 0. The van der Waals surface area contributed by atoms with Crippen molar-refractivity contribution in [1.82, 2.24) is 10.3 Å². The number of carbonyl (C=O) groups is 2. The molecule has 7 heteroatoms. The van der Waals surface area contributed by atoms with Gasteiger partial charge in [-0.3, -0.25) is 4.79 Å². The number of nitrogens with one attached hydrogen (secondary N) is 1. The molecule has 1 saturated carbocycles. The molecule has 0 unspecified atom stereocenters. The maximum Gasteiger partial charge on any atom is 0.354 e. The van der Waals surface area contributed by atoms with Crippen molar-refractivity contribution < 1.29 is 14.7 Å². The fraction of sp³-hybridized carbons (Fsp3) is 0.429. The van der Waals surface area contributed by atoms with Gasteiger partial charge in [0.25, 0.3) is 0 Å². The lowest BCUT2D eigenvalue weighted by Gasteiger charge is -2.21. The van der Waals surface area contributed by atoms with Crippen molar-refractivity contribution in [2.75, 3.05) is 5.75 Å². The molecule has 0 saturated heterocycles. The zero-order valence-corrected chi connectivity index (χ0v) is 12.2. The maximum atomic E-state index is 11.9. The van der Waals surface area contributed by atoms with Gasteiger partial charge in [0.1, 0.15) is 11.2 Å². The Bertz CT molecular complexity index is 591. The summed E-state index contributed by atoms with van der Waals surface area (Å²) < 4.78 is 0. The monoisotopic (exact) mass is 305 g/mol. The molecule has 2 N–H and O–H groups in total. The normalized spacial score (nSPS) is 16.1. The van der Waals surface area contributed by atoms with Crippen molar-refractivity contribution in [2.24, 2.45) is 0 Å². The SMILES string of the molecule is N#CC1(NC(=O)CSc2ccnc(C(=O)O)c2)CCCC1. The van der Waals surface area contributed by atoms with E-state index in [2.05, 4.69) is 16.4 Å². The van der Waals surface area contributed by atoms with Crippen molar-refractivity contribution in [3.8, 4) is 6.07 Å². The molecule has 0 bridgehead atoms. The fourth-order valence-corrected chi connectivity index (χ4v) is 3.04. The third-order valence-corrected chi connectivity index (χ3v) is 4.36. The van der Waals surface area contributed by atoms with Crippen LogP contribution in [-0.4, -0.2) is 33.3 Å². The molecule has 0 atom stereocenters. The summed E-state index contributed by atoms with van der Waals surface area (Å²) >= 11 is 1.23. The second-order valence-electron chi connectivity index (χ2n) is 4.92. The van der Waals surface area contributed by atoms with Gasteiger partial charge in [-0.15, -0.1) is 11.8 Å². The van der Waals surface area contributed by atoms with E-state index in [1.807, 2.05) is 0 Å². The van der Waals surface area contributed by atoms with E-state index >= 15 is 0 Å². The molecule has 110 valence electrons. The lowest BCUT2D eigenvalue weighted by Crippen LogP contribution is -2.45. The van der Waals surface area contributed by atoms with Crippen molar-refractivity contribution in [1.29, 1.82) is 5.26 Å². The van der Waals surface area contributed by atoms with E-state index in [4.69, 9.17) is 5.11 Å². The number of rotatable bonds is 5. The first kappa shape index (κ1) is 15.3. The van der Waals surface area contributed by atoms with Gasteiger partial charge >= 0.3 is 5.97 Å². The zero-order valence-electron chi connectivity index (χ0n) is 11.3. The highest BCUT2D eigenvalue weighted by Gasteiger charge is 2.35. The van der Waals surface area contributed by atoms with E-state index < -0.39 is 11.5 Å². The van der Waals surface area contributed by atoms with E-state index in [-0.39, 0.29) is 17.4 Å². The van der Waals surface area contributed by atoms with E-state index in [9.17, 15) is 14.9 Å². The quantitative estimate of drug-likeness (QED) is 0.804. The number of carbonyl (C=O) groups excluding carboxylic acids is 1. The first-order valence-electron chi connectivity index (χ1n) is 6.59. The first-order valence-corrected chi connectivity index (χ1v) is 7.58. The minimum absolute atomic E-state index is 0.0512. The van der Waals surface area contributed by atoms with Gasteiger partial charge in [-0.05, 0) is 37.8 Å². The molecule has 6 nitrogen and oxygen atoms in total. The fourth-order valence-electron chi connectivity index (χ4n) is 2.31. The third kappa shape index (κ3) is 3.95.